The number of rotatable bonds is 6. The Labute approximate surface area is 168 Å². The normalized spacial score (nSPS) is 13.7. The molecule has 1 aliphatic rings. The topological polar surface area (TPSA) is 46.9 Å². The van der Waals surface area contributed by atoms with Crippen LogP contribution in [0.25, 0.3) is 10.2 Å². The Bertz CT molecular complexity index is 1010. The van der Waals surface area contributed by atoms with Crippen molar-refractivity contribution in [2.45, 2.75) is 52.0 Å². The molecule has 142 valence electrons. The summed E-state index contributed by atoms with van der Waals surface area (Å²) in [5.41, 5.74) is 2.59. The van der Waals surface area contributed by atoms with E-state index >= 15 is 0 Å². The molecule has 0 saturated carbocycles. The van der Waals surface area contributed by atoms with Crippen LogP contribution in [0.5, 0.6) is 0 Å². The Morgan fingerprint density at radius 3 is 2.78 bits per heavy atom. The minimum Gasteiger partial charge on any atom is -0.355 e. The molecular formula is C21H24ClN3OS. The van der Waals surface area contributed by atoms with E-state index in [1.165, 1.54) is 28.8 Å². The van der Waals surface area contributed by atoms with Gasteiger partial charge in [0.15, 0.2) is 0 Å². The molecule has 6 heteroatoms. The highest BCUT2D eigenvalue weighted by Gasteiger charge is 2.21. The lowest BCUT2D eigenvalue weighted by molar-refractivity contribution is 0.651. The molecule has 0 spiro atoms. The molecule has 2 aromatic heterocycles. The van der Waals surface area contributed by atoms with Gasteiger partial charge in [0.05, 0.1) is 5.39 Å². The molecule has 0 amide bonds. The van der Waals surface area contributed by atoms with Crippen LogP contribution in [0.1, 0.15) is 42.2 Å². The smallest absolute Gasteiger partial charge is 0.263 e. The molecule has 0 unspecified atom stereocenters. The number of nitrogens with one attached hydrogen (secondary N) is 1. The fraction of sp³-hybridized carbons (Fsp3) is 0.429. The molecule has 0 fully saturated rings. The first-order valence-electron chi connectivity index (χ1n) is 9.70. The summed E-state index contributed by atoms with van der Waals surface area (Å²) in [4.78, 5) is 20.3. The summed E-state index contributed by atoms with van der Waals surface area (Å²) in [6, 6.07) is 7.88. The second-order valence-electron chi connectivity index (χ2n) is 7.09. The van der Waals surface area contributed by atoms with Crippen LogP contribution >= 0.6 is 22.9 Å². The predicted octanol–water partition coefficient (Wildman–Crippen LogP) is 5.05. The van der Waals surface area contributed by atoms with E-state index in [0.29, 0.717) is 12.5 Å². The molecule has 4 rings (SSSR count). The number of aromatic nitrogens is 2. The summed E-state index contributed by atoms with van der Waals surface area (Å²) in [6.45, 7) is 3.52. The molecule has 3 aromatic rings. The summed E-state index contributed by atoms with van der Waals surface area (Å²) in [5, 5.41) is 5.01. The van der Waals surface area contributed by atoms with Crippen molar-refractivity contribution in [3.63, 3.8) is 0 Å². The number of fused-ring (bicyclic) bond motifs is 3. The fourth-order valence-corrected chi connectivity index (χ4v) is 5.15. The van der Waals surface area contributed by atoms with E-state index in [4.69, 9.17) is 16.6 Å². The monoisotopic (exact) mass is 401 g/mol. The van der Waals surface area contributed by atoms with Crippen molar-refractivity contribution in [3.8, 4) is 0 Å². The van der Waals surface area contributed by atoms with Crippen LogP contribution < -0.4 is 10.9 Å². The highest BCUT2D eigenvalue weighted by atomic mass is 35.5. The van der Waals surface area contributed by atoms with Gasteiger partial charge in [-0.05, 0) is 61.8 Å². The largest absolute Gasteiger partial charge is 0.355 e. The van der Waals surface area contributed by atoms with Gasteiger partial charge in [0.2, 0.25) is 5.95 Å². The van der Waals surface area contributed by atoms with Gasteiger partial charge in [-0.25, -0.2) is 4.98 Å². The molecule has 1 aromatic carbocycles. The molecule has 0 atom stereocenters. The Morgan fingerprint density at radius 1 is 1.22 bits per heavy atom. The number of hydrogen-bond acceptors (Lipinski definition) is 4. The van der Waals surface area contributed by atoms with Crippen molar-refractivity contribution < 1.29 is 0 Å². The van der Waals surface area contributed by atoms with E-state index in [-0.39, 0.29) is 5.56 Å². The molecule has 4 nitrogen and oxygen atoms in total. The quantitative estimate of drug-likeness (QED) is 0.628. The standard InChI is InChI=1S/C21H24ClN3OS/c1-2-13-25-20(26)18-16-5-3-4-6-17(16)27-19(18)24-21(25)23-12-11-14-7-9-15(22)10-8-14/h7-10H,2-6,11-13H2,1H3,(H,23,24). The zero-order valence-corrected chi connectivity index (χ0v) is 17.1. The molecular weight excluding hydrogens is 378 g/mol. The number of halogens is 1. The first-order valence-corrected chi connectivity index (χ1v) is 10.9. The van der Waals surface area contributed by atoms with Crippen LogP contribution in [0.15, 0.2) is 29.1 Å². The van der Waals surface area contributed by atoms with Crippen molar-refractivity contribution in [1.29, 1.82) is 0 Å². The van der Waals surface area contributed by atoms with Crippen molar-refractivity contribution in [1.82, 2.24) is 9.55 Å². The maximum absolute atomic E-state index is 13.2. The number of hydrogen-bond donors (Lipinski definition) is 1. The van der Waals surface area contributed by atoms with Crippen LogP contribution in [0, 0.1) is 0 Å². The van der Waals surface area contributed by atoms with Crippen LogP contribution in [-0.2, 0) is 25.8 Å². The van der Waals surface area contributed by atoms with Crippen LogP contribution in [0.4, 0.5) is 5.95 Å². The lowest BCUT2D eigenvalue weighted by Crippen LogP contribution is -2.26. The van der Waals surface area contributed by atoms with Gasteiger partial charge in [0.25, 0.3) is 5.56 Å². The maximum atomic E-state index is 13.2. The summed E-state index contributed by atoms with van der Waals surface area (Å²) in [7, 11) is 0. The summed E-state index contributed by atoms with van der Waals surface area (Å²) >= 11 is 7.66. The number of thiophene rings is 1. The van der Waals surface area contributed by atoms with E-state index in [2.05, 4.69) is 12.2 Å². The van der Waals surface area contributed by atoms with Crippen LogP contribution in [-0.4, -0.2) is 16.1 Å². The molecule has 0 aliphatic heterocycles. The van der Waals surface area contributed by atoms with E-state index in [9.17, 15) is 4.79 Å². The second-order valence-corrected chi connectivity index (χ2v) is 8.61. The van der Waals surface area contributed by atoms with Gasteiger partial charge in [0, 0.05) is 23.0 Å². The number of aryl methyl sites for hydroxylation is 2. The number of nitrogens with zero attached hydrogens (tertiary/aromatic N) is 2. The summed E-state index contributed by atoms with van der Waals surface area (Å²) in [5.74, 6) is 0.696. The molecule has 1 aliphatic carbocycles. The average molecular weight is 402 g/mol. The highest BCUT2D eigenvalue weighted by Crippen LogP contribution is 2.34. The predicted molar refractivity (Wildman–Crippen MR) is 114 cm³/mol. The second kappa shape index (κ2) is 8.03. The minimum atomic E-state index is 0.121. The van der Waals surface area contributed by atoms with Gasteiger partial charge in [-0.3, -0.25) is 9.36 Å². The summed E-state index contributed by atoms with van der Waals surface area (Å²) < 4.78 is 1.83. The van der Waals surface area contributed by atoms with Crippen molar-refractivity contribution in [2.24, 2.45) is 0 Å². The van der Waals surface area contributed by atoms with Gasteiger partial charge >= 0.3 is 0 Å². The van der Waals surface area contributed by atoms with Crippen LogP contribution in [0.3, 0.4) is 0 Å². The van der Waals surface area contributed by atoms with Crippen LogP contribution in [0.2, 0.25) is 5.02 Å². The van der Waals surface area contributed by atoms with Crippen molar-refractivity contribution in [2.75, 3.05) is 11.9 Å². The van der Waals surface area contributed by atoms with Crippen molar-refractivity contribution in [3.05, 3.63) is 55.6 Å². The van der Waals surface area contributed by atoms with Gasteiger partial charge in [-0.1, -0.05) is 30.7 Å². The first-order chi connectivity index (χ1) is 13.2. The Hall–Kier alpha value is -1.85. The molecule has 0 bridgehead atoms. The third kappa shape index (κ3) is 3.76. The SMILES string of the molecule is CCCn1c(NCCc2ccc(Cl)cc2)nc2sc3c(c2c1=O)CCCC3. The lowest BCUT2D eigenvalue weighted by atomic mass is 9.97. The number of anilines is 1. The lowest BCUT2D eigenvalue weighted by Gasteiger charge is -2.14. The molecule has 27 heavy (non-hydrogen) atoms. The average Bonchev–Trinajstić information content (AvgIpc) is 3.05. The van der Waals surface area contributed by atoms with Gasteiger partial charge in [-0.15, -0.1) is 11.3 Å². The van der Waals surface area contributed by atoms with Gasteiger partial charge in [-0.2, -0.15) is 0 Å². The van der Waals surface area contributed by atoms with E-state index in [0.717, 1.165) is 47.5 Å². The Kier molecular flexibility index (Phi) is 5.50. The Morgan fingerprint density at radius 2 is 2.00 bits per heavy atom. The molecule has 0 saturated heterocycles. The van der Waals surface area contributed by atoms with E-state index in [1.807, 2.05) is 28.8 Å². The van der Waals surface area contributed by atoms with Gasteiger partial charge < -0.3 is 5.32 Å². The molecule has 2 heterocycles. The zero-order chi connectivity index (χ0) is 18.8. The van der Waals surface area contributed by atoms with Gasteiger partial charge in [0.1, 0.15) is 4.83 Å². The minimum absolute atomic E-state index is 0.121. The third-order valence-electron chi connectivity index (χ3n) is 5.13. The zero-order valence-electron chi connectivity index (χ0n) is 15.6. The first kappa shape index (κ1) is 18.5. The van der Waals surface area contributed by atoms with Crippen molar-refractivity contribution >= 4 is 39.1 Å². The Balaban J connectivity index is 1.63. The molecule has 0 radical (unpaired) electrons. The van der Waals surface area contributed by atoms with E-state index in [1.54, 1.807) is 11.3 Å². The third-order valence-corrected chi connectivity index (χ3v) is 6.57. The van der Waals surface area contributed by atoms with E-state index < -0.39 is 0 Å². The maximum Gasteiger partial charge on any atom is 0.263 e. The fourth-order valence-electron chi connectivity index (χ4n) is 3.77. The molecule has 1 N–H and O–H groups in total. The number of benzene rings is 1. The summed E-state index contributed by atoms with van der Waals surface area (Å²) in [6.07, 6.45) is 6.26. The highest BCUT2D eigenvalue weighted by molar-refractivity contribution is 7.18.